The number of aromatic nitrogens is 2. The standard InChI is InChI=1S/C24H20FN3O2/c25-18-10-4-9-17(12-18)19-13-21-22(27-15-28-24(21)30)14-20(19)23(29)26-11-5-8-16-6-2-1-3-7-16/h1-4,6-7,9-10,12-15H,5,8,11H2,(H,26,29)(H,27,28,30). The highest BCUT2D eigenvalue weighted by atomic mass is 19.1. The molecule has 0 unspecified atom stereocenters. The molecule has 0 saturated carbocycles. The van der Waals surface area contributed by atoms with Gasteiger partial charge in [0.15, 0.2) is 0 Å². The van der Waals surface area contributed by atoms with Crippen LogP contribution in [0.3, 0.4) is 0 Å². The molecule has 1 amide bonds. The number of hydrogen-bond acceptors (Lipinski definition) is 3. The average molecular weight is 401 g/mol. The van der Waals surface area contributed by atoms with Gasteiger partial charge in [0, 0.05) is 12.1 Å². The Hall–Kier alpha value is -3.80. The molecule has 0 fully saturated rings. The molecule has 1 aromatic heterocycles. The number of aromatic amines is 1. The number of rotatable bonds is 6. The van der Waals surface area contributed by atoms with Crippen molar-refractivity contribution in [3.05, 3.63) is 100 Å². The largest absolute Gasteiger partial charge is 0.352 e. The molecular formula is C24H20FN3O2. The van der Waals surface area contributed by atoms with E-state index in [9.17, 15) is 14.0 Å². The van der Waals surface area contributed by atoms with Crippen LogP contribution in [0.1, 0.15) is 22.3 Å². The van der Waals surface area contributed by atoms with Crippen LogP contribution in [0.5, 0.6) is 0 Å². The Morgan fingerprint density at radius 1 is 1.03 bits per heavy atom. The lowest BCUT2D eigenvalue weighted by atomic mass is 9.97. The van der Waals surface area contributed by atoms with Crippen molar-refractivity contribution in [3.8, 4) is 11.1 Å². The van der Waals surface area contributed by atoms with Crippen molar-refractivity contribution in [2.24, 2.45) is 0 Å². The summed E-state index contributed by atoms with van der Waals surface area (Å²) in [6, 6.07) is 19.2. The third-order valence-electron chi connectivity index (χ3n) is 4.93. The van der Waals surface area contributed by atoms with Gasteiger partial charge in [0.05, 0.1) is 17.2 Å². The monoisotopic (exact) mass is 401 g/mol. The number of fused-ring (bicyclic) bond motifs is 1. The number of H-pyrrole nitrogens is 1. The van der Waals surface area contributed by atoms with Crippen LogP contribution in [0.4, 0.5) is 4.39 Å². The van der Waals surface area contributed by atoms with Crippen molar-refractivity contribution in [1.82, 2.24) is 15.3 Å². The topological polar surface area (TPSA) is 74.8 Å². The summed E-state index contributed by atoms with van der Waals surface area (Å²) >= 11 is 0. The van der Waals surface area contributed by atoms with Gasteiger partial charge in [-0.1, -0.05) is 42.5 Å². The van der Waals surface area contributed by atoms with Gasteiger partial charge in [0.2, 0.25) is 0 Å². The average Bonchev–Trinajstić information content (AvgIpc) is 2.77. The van der Waals surface area contributed by atoms with E-state index < -0.39 is 5.82 Å². The van der Waals surface area contributed by atoms with Crippen molar-refractivity contribution < 1.29 is 9.18 Å². The van der Waals surface area contributed by atoms with Crippen LogP contribution in [-0.2, 0) is 6.42 Å². The predicted octanol–water partition coefficient (Wildman–Crippen LogP) is 4.09. The van der Waals surface area contributed by atoms with E-state index >= 15 is 0 Å². The quantitative estimate of drug-likeness (QED) is 0.478. The van der Waals surface area contributed by atoms with Crippen LogP contribution in [0.2, 0.25) is 0 Å². The zero-order valence-electron chi connectivity index (χ0n) is 16.2. The van der Waals surface area contributed by atoms with E-state index in [0.717, 1.165) is 12.8 Å². The maximum absolute atomic E-state index is 13.8. The lowest BCUT2D eigenvalue weighted by molar-refractivity contribution is 0.0954. The summed E-state index contributed by atoms with van der Waals surface area (Å²) in [5.41, 5.74) is 2.67. The Kier molecular flexibility index (Phi) is 5.66. The van der Waals surface area contributed by atoms with Gasteiger partial charge in [-0.25, -0.2) is 9.37 Å². The Morgan fingerprint density at radius 3 is 2.67 bits per heavy atom. The molecule has 1 heterocycles. The van der Waals surface area contributed by atoms with E-state index in [1.54, 1.807) is 24.3 Å². The van der Waals surface area contributed by atoms with E-state index in [2.05, 4.69) is 27.4 Å². The van der Waals surface area contributed by atoms with Gasteiger partial charge in [-0.3, -0.25) is 9.59 Å². The number of carbonyl (C=O) groups is 1. The maximum atomic E-state index is 13.8. The van der Waals surface area contributed by atoms with Crippen LogP contribution < -0.4 is 10.9 Å². The fraction of sp³-hybridized carbons (Fsp3) is 0.125. The minimum Gasteiger partial charge on any atom is -0.352 e. The van der Waals surface area contributed by atoms with Gasteiger partial charge >= 0.3 is 0 Å². The Labute approximate surface area is 172 Å². The molecule has 0 aliphatic rings. The molecule has 4 aromatic rings. The second-order valence-electron chi connectivity index (χ2n) is 7.00. The van der Waals surface area contributed by atoms with Crippen LogP contribution >= 0.6 is 0 Å². The highest BCUT2D eigenvalue weighted by Crippen LogP contribution is 2.27. The molecule has 0 aliphatic heterocycles. The summed E-state index contributed by atoms with van der Waals surface area (Å²) < 4.78 is 13.8. The van der Waals surface area contributed by atoms with Gasteiger partial charge in [-0.05, 0) is 53.8 Å². The number of nitrogens with zero attached hydrogens (tertiary/aromatic N) is 1. The third kappa shape index (κ3) is 4.27. The fourth-order valence-electron chi connectivity index (χ4n) is 3.43. The molecule has 0 radical (unpaired) electrons. The summed E-state index contributed by atoms with van der Waals surface area (Å²) in [6.45, 7) is 0.497. The first-order chi connectivity index (χ1) is 14.6. The lowest BCUT2D eigenvalue weighted by Gasteiger charge is -2.12. The van der Waals surface area contributed by atoms with Crippen molar-refractivity contribution in [2.75, 3.05) is 6.54 Å². The van der Waals surface area contributed by atoms with Gasteiger partial charge in [-0.2, -0.15) is 0 Å². The van der Waals surface area contributed by atoms with Crippen molar-refractivity contribution in [2.45, 2.75) is 12.8 Å². The maximum Gasteiger partial charge on any atom is 0.258 e. The number of hydrogen-bond donors (Lipinski definition) is 2. The van der Waals surface area contributed by atoms with Crippen molar-refractivity contribution >= 4 is 16.8 Å². The molecule has 0 atom stereocenters. The number of aryl methyl sites for hydroxylation is 1. The summed E-state index contributed by atoms with van der Waals surface area (Å²) in [5.74, 6) is -0.701. The molecule has 5 nitrogen and oxygen atoms in total. The van der Waals surface area contributed by atoms with Crippen LogP contribution in [-0.4, -0.2) is 22.4 Å². The lowest BCUT2D eigenvalue weighted by Crippen LogP contribution is -2.25. The number of benzene rings is 3. The summed E-state index contributed by atoms with van der Waals surface area (Å²) in [5, 5.41) is 3.27. The molecule has 30 heavy (non-hydrogen) atoms. The minimum atomic E-state index is -0.415. The second-order valence-corrected chi connectivity index (χ2v) is 7.00. The first-order valence-corrected chi connectivity index (χ1v) is 9.71. The highest BCUT2D eigenvalue weighted by molar-refractivity contribution is 6.04. The van der Waals surface area contributed by atoms with E-state index in [1.807, 2.05) is 18.2 Å². The van der Waals surface area contributed by atoms with Gasteiger partial charge < -0.3 is 10.3 Å². The predicted molar refractivity (Wildman–Crippen MR) is 115 cm³/mol. The van der Waals surface area contributed by atoms with Gasteiger partial charge in [-0.15, -0.1) is 0 Å². The summed E-state index contributed by atoms with van der Waals surface area (Å²) in [6.07, 6.45) is 2.94. The molecule has 0 saturated heterocycles. The van der Waals surface area contributed by atoms with Crippen LogP contribution in [0.15, 0.2) is 77.9 Å². The van der Waals surface area contributed by atoms with E-state index in [0.29, 0.717) is 34.1 Å². The molecule has 2 N–H and O–H groups in total. The van der Waals surface area contributed by atoms with Crippen molar-refractivity contribution in [3.63, 3.8) is 0 Å². The van der Waals surface area contributed by atoms with Gasteiger partial charge in [0.25, 0.3) is 11.5 Å². The molecule has 3 aromatic carbocycles. The molecule has 0 spiro atoms. The van der Waals surface area contributed by atoms with E-state index in [-0.39, 0.29) is 11.5 Å². The van der Waals surface area contributed by atoms with Crippen LogP contribution in [0.25, 0.3) is 22.0 Å². The second kappa shape index (κ2) is 8.69. The zero-order chi connectivity index (χ0) is 20.9. The molecule has 0 aliphatic carbocycles. The molecule has 4 rings (SSSR count). The highest BCUT2D eigenvalue weighted by Gasteiger charge is 2.16. The minimum absolute atomic E-state index is 0.286. The number of amides is 1. The first-order valence-electron chi connectivity index (χ1n) is 9.71. The molecule has 150 valence electrons. The number of halogens is 1. The Bertz CT molecular complexity index is 1250. The zero-order valence-corrected chi connectivity index (χ0v) is 16.2. The Morgan fingerprint density at radius 2 is 1.87 bits per heavy atom. The van der Waals surface area contributed by atoms with Crippen molar-refractivity contribution in [1.29, 1.82) is 0 Å². The summed E-state index contributed by atoms with van der Waals surface area (Å²) in [4.78, 5) is 31.8. The molecule has 6 heteroatoms. The van der Waals surface area contributed by atoms with E-state index in [4.69, 9.17) is 0 Å². The third-order valence-corrected chi connectivity index (χ3v) is 4.93. The van der Waals surface area contributed by atoms with Gasteiger partial charge in [0.1, 0.15) is 5.82 Å². The fourth-order valence-corrected chi connectivity index (χ4v) is 3.43. The smallest absolute Gasteiger partial charge is 0.258 e. The first kappa shape index (κ1) is 19.5. The normalized spacial score (nSPS) is 10.8. The summed E-state index contributed by atoms with van der Waals surface area (Å²) in [7, 11) is 0. The number of nitrogens with one attached hydrogen (secondary N) is 2. The SMILES string of the molecule is O=C(NCCCc1ccccc1)c1cc2nc[nH]c(=O)c2cc1-c1cccc(F)c1. The number of carbonyl (C=O) groups excluding carboxylic acids is 1. The molecule has 0 bridgehead atoms. The van der Waals surface area contributed by atoms with E-state index in [1.165, 1.54) is 24.0 Å². The Balaban J connectivity index is 1.62. The van der Waals surface area contributed by atoms with Crippen LogP contribution in [0, 0.1) is 5.82 Å². The molecular weight excluding hydrogens is 381 g/mol.